The van der Waals surface area contributed by atoms with Gasteiger partial charge in [0, 0.05) is 24.4 Å². The summed E-state index contributed by atoms with van der Waals surface area (Å²) >= 11 is 0. The van der Waals surface area contributed by atoms with E-state index < -0.39 is 0 Å². The number of aromatic nitrogens is 2. The highest BCUT2D eigenvalue weighted by Crippen LogP contribution is 2.27. The van der Waals surface area contributed by atoms with Gasteiger partial charge in [0.25, 0.3) is 0 Å². The minimum Gasteiger partial charge on any atom is -0.350 e. The maximum absolute atomic E-state index is 12.3. The molecule has 3 amide bonds. The summed E-state index contributed by atoms with van der Waals surface area (Å²) in [6.07, 6.45) is 3.11. The summed E-state index contributed by atoms with van der Waals surface area (Å²) in [7, 11) is 0. The summed E-state index contributed by atoms with van der Waals surface area (Å²) in [5.41, 5.74) is -0.200. The van der Waals surface area contributed by atoms with Crippen LogP contribution in [-0.4, -0.2) is 46.1 Å². The van der Waals surface area contributed by atoms with Crippen LogP contribution in [-0.2, 0) is 10.2 Å². The second kappa shape index (κ2) is 6.65. The molecule has 0 aromatic carbocycles. The Morgan fingerprint density at radius 2 is 1.96 bits per heavy atom. The number of nitrogens with one attached hydrogen (secondary N) is 2. The average molecular weight is 349 g/mol. The molecule has 1 aliphatic carbocycles. The molecule has 0 unspecified atom stereocenters. The van der Waals surface area contributed by atoms with Crippen LogP contribution in [0.15, 0.2) is 4.52 Å². The summed E-state index contributed by atoms with van der Waals surface area (Å²) in [6, 6.07) is -0.484. The van der Waals surface area contributed by atoms with E-state index >= 15 is 0 Å². The highest BCUT2D eigenvalue weighted by molar-refractivity contribution is 5.80. The van der Waals surface area contributed by atoms with Gasteiger partial charge in [-0.25, -0.2) is 4.79 Å². The monoisotopic (exact) mass is 349 g/mol. The van der Waals surface area contributed by atoms with Gasteiger partial charge >= 0.3 is 6.03 Å². The van der Waals surface area contributed by atoms with Crippen molar-refractivity contribution in [2.45, 2.75) is 64.5 Å². The number of amides is 3. The first-order valence-electron chi connectivity index (χ1n) is 8.94. The van der Waals surface area contributed by atoms with Crippen LogP contribution in [0.25, 0.3) is 0 Å². The molecule has 2 aliphatic rings. The minimum atomic E-state index is -0.361. The molecule has 0 spiro atoms. The zero-order valence-corrected chi connectivity index (χ0v) is 15.3. The van der Waals surface area contributed by atoms with E-state index in [0.717, 1.165) is 19.3 Å². The molecule has 1 saturated carbocycles. The van der Waals surface area contributed by atoms with Gasteiger partial charge < -0.3 is 20.1 Å². The van der Waals surface area contributed by atoms with Gasteiger partial charge in [-0.3, -0.25) is 4.79 Å². The molecule has 2 fully saturated rings. The number of hydrogen-bond donors (Lipinski definition) is 2. The Morgan fingerprint density at radius 3 is 2.48 bits per heavy atom. The van der Waals surface area contributed by atoms with Crippen molar-refractivity contribution >= 4 is 11.9 Å². The molecule has 138 valence electrons. The molecule has 8 nitrogen and oxygen atoms in total. The fraction of sp³-hybridized carbons (Fsp3) is 0.765. The minimum absolute atomic E-state index is 0.0602. The third-order valence-electron chi connectivity index (χ3n) is 4.81. The third-order valence-corrected chi connectivity index (χ3v) is 4.81. The summed E-state index contributed by atoms with van der Waals surface area (Å²) in [6.45, 7) is 8.89. The van der Waals surface area contributed by atoms with Gasteiger partial charge in [-0.05, 0) is 19.8 Å². The van der Waals surface area contributed by atoms with Crippen molar-refractivity contribution in [3.8, 4) is 0 Å². The average Bonchev–Trinajstić information content (AvgIpc) is 2.89. The molecule has 2 heterocycles. The van der Waals surface area contributed by atoms with Crippen molar-refractivity contribution in [2.75, 3.05) is 13.1 Å². The van der Waals surface area contributed by atoms with Crippen molar-refractivity contribution in [1.82, 2.24) is 25.7 Å². The van der Waals surface area contributed by atoms with Gasteiger partial charge in [0.1, 0.15) is 6.04 Å². The smallest absolute Gasteiger partial charge is 0.318 e. The fourth-order valence-corrected chi connectivity index (χ4v) is 2.78. The number of urea groups is 1. The maximum atomic E-state index is 12.3. The topological polar surface area (TPSA) is 100 Å². The van der Waals surface area contributed by atoms with Crippen molar-refractivity contribution in [1.29, 1.82) is 0 Å². The first kappa shape index (κ1) is 17.7. The Balaban J connectivity index is 1.43. The van der Waals surface area contributed by atoms with Crippen LogP contribution in [0, 0.1) is 5.92 Å². The van der Waals surface area contributed by atoms with Crippen molar-refractivity contribution in [3.05, 3.63) is 11.7 Å². The number of likely N-dealkylation sites (tertiary alicyclic amines) is 1. The van der Waals surface area contributed by atoms with E-state index in [2.05, 4.69) is 20.8 Å². The molecule has 8 heteroatoms. The number of nitrogens with zero attached hydrogens (tertiary/aromatic N) is 3. The molecule has 0 bridgehead atoms. The van der Waals surface area contributed by atoms with Crippen LogP contribution in [0.5, 0.6) is 0 Å². The van der Waals surface area contributed by atoms with Gasteiger partial charge in [-0.2, -0.15) is 4.98 Å². The SMILES string of the molecule is C[C@H](NC(=O)N1CC(NC(=O)C2CCC2)C1)c1nc(C(C)(C)C)no1. The summed E-state index contributed by atoms with van der Waals surface area (Å²) in [4.78, 5) is 30.2. The van der Waals surface area contributed by atoms with E-state index in [0.29, 0.717) is 24.8 Å². The van der Waals surface area contributed by atoms with E-state index in [4.69, 9.17) is 4.52 Å². The van der Waals surface area contributed by atoms with Gasteiger partial charge in [0.2, 0.25) is 11.8 Å². The molecule has 1 aromatic rings. The molecule has 1 atom stereocenters. The Bertz CT molecular complexity index is 641. The molecular formula is C17H27N5O3. The van der Waals surface area contributed by atoms with Gasteiger partial charge in [-0.1, -0.05) is 32.3 Å². The second-order valence-electron chi connectivity index (χ2n) is 8.12. The zero-order chi connectivity index (χ0) is 18.2. The molecule has 25 heavy (non-hydrogen) atoms. The molecule has 0 radical (unpaired) electrons. The molecule has 1 aliphatic heterocycles. The van der Waals surface area contributed by atoms with E-state index in [1.807, 2.05) is 27.7 Å². The maximum Gasteiger partial charge on any atom is 0.318 e. The highest BCUT2D eigenvalue weighted by atomic mass is 16.5. The van der Waals surface area contributed by atoms with E-state index in [1.165, 1.54) is 0 Å². The van der Waals surface area contributed by atoms with E-state index in [1.54, 1.807) is 4.90 Å². The zero-order valence-electron chi connectivity index (χ0n) is 15.3. The van der Waals surface area contributed by atoms with Crippen molar-refractivity contribution in [3.63, 3.8) is 0 Å². The first-order chi connectivity index (χ1) is 11.7. The predicted octanol–water partition coefficient (Wildman–Crippen LogP) is 1.74. The lowest BCUT2D eigenvalue weighted by atomic mass is 9.84. The standard InChI is InChI=1S/C17H27N5O3/c1-10(14-20-15(21-25-14)17(2,3)4)18-16(24)22-8-12(9-22)19-13(23)11-6-5-7-11/h10-12H,5-9H2,1-4H3,(H,18,24)(H,19,23)/t10-/m0/s1. The first-order valence-corrected chi connectivity index (χ1v) is 8.94. The van der Waals surface area contributed by atoms with Gasteiger partial charge in [0.05, 0.1) is 6.04 Å². The lowest BCUT2D eigenvalue weighted by molar-refractivity contribution is -0.129. The number of carbonyl (C=O) groups excluding carboxylic acids is 2. The summed E-state index contributed by atoms with van der Waals surface area (Å²) < 4.78 is 5.25. The predicted molar refractivity (Wildman–Crippen MR) is 90.8 cm³/mol. The van der Waals surface area contributed by atoms with Crippen LogP contribution in [0.4, 0.5) is 4.79 Å². The van der Waals surface area contributed by atoms with E-state index in [-0.39, 0.29) is 35.4 Å². The fourth-order valence-electron chi connectivity index (χ4n) is 2.78. The molecule has 1 saturated heterocycles. The van der Waals surface area contributed by atoms with E-state index in [9.17, 15) is 9.59 Å². The second-order valence-corrected chi connectivity index (χ2v) is 8.12. The summed E-state index contributed by atoms with van der Waals surface area (Å²) in [5.74, 6) is 1.32. The van der Waals surface area contributed by atoms with Crippen LogP contribution in [0.2, 0.25) is 0 Å². The highest BCUT2D eigenvalue weighted by Gasteiger charge is 2.35. The lowest BCUT2D eigenvalue weighted by Crippen LogP contribution is -2.63. The van der Waals surface area contributed by atoms with Crippen LogP contribution in [0.3, 0.4) is 0 Å². The molecule has 3 rings (SSSR count). The Hall–Kier alpha value is -2.12. The third kappa shape index (κ3) is 3.93. The Labute approximate surface area is 147 Å². The van der Waals surface area contributed by atoms with Gasteiger partial charge in [0.15, 0.2) is 5.82 Å². The molecule has 1 aromatic heterocycles. The Morgan fingerprint density at radius 1 is 1.28 bits per heavy atom. The molecular weight excluding hydrogens is 322 g/mol. The number of carbonyl (C=O) groups is 2. The number of rotatable bonds is 4. The lowest BCUT2D eigenvalue weighted by Gasteiger charge is -2.40. The largest absolute Gasteiger partial charge is 0.350 e. The molecule has 2 N–H and O–H groups in total. The Kier molecular flexibility index (Phi) is 4.71. The summed E-state index contributed by atoms with van der Waals surface area (Å²) in [5, 5.41) is 9.84. The van der Waals surface area contributed by atoms with Crippen molar-refractivity contribution < 1.29 is 14.1 Å². The van der Waals surface area contributed by atoms with Crippen LogP contribution in [0.1, 0.15) is 64.7 Å². The number of hydrogen-bond acceptors (Lipinski definition) is 5. The van der Waals surface area contributed by atoms with Crippen LogP contribution < -0.4 is 10.6 Å². The van der Waals surface area contributed by atoms with Crippen LogP contribution >= 0.6 is 0 Å². The quantitative estimate of drug-likeness (QED) is 0.862. The normalized spacial score (nSPS) is 19.8. The van der Waals surface area contributed by atoms with Gasteiger partial charge in [-0.15, -0.1) is 0 Å². The van der Waals surface area contributed by atoms with Crippen molar-refractivity contribution in [2.24, 2.45) is 5.92 Å².